The quantitative estimate of drug-likeness (QED) is 0.296. The van der Waals surface area contributed by atoms with Crippen LogP contribution in [0.25, 0.3) is 28.2 Å². The van der Waals surface area contributed by atoms with E-state index < -0.39 is 0 Å². The van der Waals surface area contributed by atoms with Crippen molar-refractivity contribution in [3.8, 4) is 17.1 Å². The van der Waals surface area contributed by atoms with Gasteiger partial charge in [0.2, 0.25) is 11.8 Å². The van der Waals surface area contributed by atoms with Crippen LogP contribution in [0.15, 0.2) is 79.6 Å². The first-order valence-corrected chi connectivity index (χ1v) is 10.7. The van der Waals surface area contributed by atoms with Crippen molar-refractivity contribution in [1.29, 1.82) is 0 Å². The molecule has 8 nitrogen and oxygen atoms in total. The number of thioether (sulfide) groups is 1. The van der Waals surface area contributed by atoms with E-state index in [1.807, 2.05) is 54.6 Å². The summed E-state index contributed by atoms with van der Waals surface area (Å²) in [6.07, 6.45) is 1.52. The van der Waals surface area contributed by atoms with Crippen LogP contribution >= 0.6 is 27.7 Å². The predicted molar refractivity (Wildman–Crippen MR) is 116 cm³/mol. The highest BCUT2D eigenvalue weighted by Crippen LogP contribution is 2.24. The number of aromatic nitrogens is 6. The lowest BCUT2D eigenvalue weighted by Crippen LogP contribution is -2.09. The minimum absolute atomic E-state index is 0.245. The third kappa shape index (κ3) is 3.66. The van der Waals surface area contributed by atoms with Crippen molar-refractivity contribution >= 4 is 38.7 Å². The summed E-state index contributed by atoms with van der Waals surface area (Å²) in [5.41, 5.74) is 1.92. The third-order valence-corrected chi connectivity index (χ3v) is 5.69. The number of hydrogen-bond acceptors (Lipinski definition) is 7. The van der Waals surface area contributed by atoms with Crippen LogP contribution in [-0.2, 0) is 5.75 Å². The SMILES string of the molecule is O=c1[nH]c(SCc2nnc(-c3ccc(Br)cc3)o2)nc2c1cnn2-c1ccccc1. The molecule has 5 rings (SSSR count). The van der Waals surface area contributed by atoms with Crippen molar-refractivity contribution in [2.75, 3.05) is 0 Å². The molecule has 0 aliphatic carbocycles. The molecule has 0 fully saturated rings. The zero-order valence-electron chi connectivity index (χ0n) is 15.3. The molecule has 5 aromatic rings. The van der Waals surface area contributed by atoms with E-state index in [1.54, 1.807) is 4.68 Å². The van der Waals surface area contributed by atoms with Gasteiger partial charge in [-0.25, -0.2) is 9.67 Å². The Hall–Kier alpha value is -3.24. The Morgan fingerprint density at radius 1 is 1.07 bits per heavy atom. The lowest BCUT2D eigenvalue weighted by molar-refractivity contribution is 0.528. The average Bonchev–Trinajstić information content (AvgIpc) is 3.41. The van der Waals surface area contributed by atoms with Gasteiger partial charge in [-0.05, 0) is 36.4 Å². The molecule has 0 spiro atoms. The van der Waals surface area contributed by atoms with Gasteiger partial charge >= 0.3 is 0 Å². The van der Waals surface area contributed by atoms with E-state index in [-0.39, 0.29) is 5.56 Å². The van der Waals surface area contributed by atoms with Crippen LogP contribution in [0.4, 0.5) is 0 Å². The van der Waals surface area contributed by atoms with E-state index in [0.717, 1.165) is 15.7 Å². The minimum Gasteiger partial charge on any atom is -0.420 e. The van der Waals surface area contributed by atoms with Crippen LogP contribution in [0, 0.1) is 0 Å². The summed E-state index contributed by atoms with van der Waals surface area (Å²) in [6, 6.07) is 17.2. The van der Waals surface area contributed by atoms with Crippen LogP contribution in [-0.4, -0.2) is 29.9 Å². The van der Waals surface area contributed by atoms with Crippen LogP contribution in [0.2, 0.25) is 0 Å². The number of aromatic amines is 1. The van der Waals surface area contributed by atoms with Gasteiger partial charge in [0, 0.05) is 10.0 Å². The summed E-state index contributed by atoms with van der Waals surface area (Å²) >= 11 is 4.71. The standard InChI is InChI=1S/C20H13BrN6O2S/c21-13-8-6-12(7-9-13)19-26-25-16(29-19)11-30-20-23-17-15(18(28)24-20)10-22-27(17)14-4-2-1-3-5-14/h1-10H,11H2,(H,23,24,28). The Kier molecular flexibility index (Phi) is 4.93. The second kappa shape index (κ2) is 7.88. The van der Waals surface area contributed by atoms with Crippen molar-refractivity contribution in [3.63, 3.8) is 0 Å². The smallest absolute Gasteiger partial charge is 0.262 e. The zero-order valence-corrected chi connectivity index (χ0v) is 17.7. The second-order valence-corrected chi connectivity index (χ2v) is 8.18. The van der Waals surface area contributed by atoms with E-state index in [9.17, 15) is 4.79 Å². The number of fused-ring (bicyclic) bond motifs is 1. The number of rotatable bonds is 5. The summed E-state index contributed by atoms with van der Waals surface area (Å²) < 4.78 is 8.35. The predicted octanol–water partition coefficient (Wildman–Crippen LogP) is 4.21. The number of H-pyrrole nitrogens is 1. The molecule has 30 heavy (non-hydrogen) atoms. The van der Waals surface area contributed by atoms with Gasteiger partial charge in [0.25, 0.3) is 5.56 Å². The van der Waals surface area contributed by atoms with Gasteiger partial charge in [-0.3, -0.25) is 4.79 Å². The first-order valence-electron chi connectivity index (χ1n) is 8.92. The Bertz CT molecular complexity index is 1380. The van der Waals surface area contributed by atoms with Gasteiger partial charge < -0.3 is 9.40 Å². The van der Waals surface area contributed by atoms with Crippen molar-refractivity contribution in [2.24, 2.45) is 0 Å². The van der Waals surface area contributed by atoms with Gasteiger partial charge in [-0.1, -0.05) is 45.9 Å². The number of halogens is 1. The Morgan fingerprint density at radius 2 is 1.87 bits per heavy atom. The van der Waals surface area contributed by atoms with Gasteiger partial charge in [-0.2, -0.15) is 5.10 Å². The maximum absolute atomic E-state index is 12.5. The van der Waals surface area contributed by atoms with Gasteiger partial charge in [0.1, 0.15) is 5.39 Å². The van der Waals surface area contributed by atoms with Crippen LogP contribution in [0.3, 0.4) is 0 Å². The molecule has 2 aromatic carbocycles. The van der Waals surface area contributed by atoms with E-state index >= 15 is 0 Å². The zero-order chi connectivity index (χ0) is 20.5. The average molecular weight is 481 g/mol. The van der Waals surface area contributed by atoms with Crippen molar-refractivity contribution in [1.82, 2.24) is 29.9 Å². The largest absolute Gasteiger partial charge is 0.420 e. The molecular weight excluding hydrogens is 468 g/mol. The molecule has 1 N–H and O–H groups in total. The fourth-order valence-corrected chi connectivity index (χ4v) is 3.83. The van der Waals surface area contributed by atoms with E-state index in [2.05, 4.69) is 41.2 Å². The molecule has 0 unspecified atom stereocenters. The van der Waals surface area contributed by atoms with Gasteiger partial charge in [0.15, 0.2) is 10.8 Å². The minimum atomic E-state index is -0.245. The van der Waals surface area contributed by atoms with Crippen molar-refractivity contribution in [2.45, 2.75) is 10.9 Å². The molecule has 0 saturated heterocycles. The molecule has 10 heteroatoms. The van der Waals surface area contributed by atoms with Crippen LogP contribution in [0.1, 0.15) is 5.89 Å². The fourth-order valence-electron chi connectivity index (χ4n) is 2.88. The monoisotopic (exact) mass is 480 g/mol. The van der Waals surface area contributed by atoms with Crippen LogP contribution in [0.5, 0.6) is 0 Å². The number of benzene rings is 2. The fraction of sp³-hybridized carbons (Fsp3) is 0.0500. The Morgan fingerprint density at radius 3 is 2.67 bits per heavy atom. The molecule has 0 bridgehead atoms. The summed E-state index contributed by atoms with van der Waals surface area (Å²) in [5.74, 6) is 1.26. The van der Waals surface area contributed by atoms with Gasteiger partial charge in [-0.15, -0.1) is 10.2 Å². The summed E-state index contributed by atoms with van der Waals surface area (Å²) in [6.45, 7) is 0. The normalized spacial score (nSPS) is 11.2. The number of hydrogen-bond donors (Lipinski definition) is 1. The highest BCUT2D eigenvalue weighted by atomic mass is 79.9. The molecule has 0 aliphatic rings. The van der Waals surface area contributed by atoms with Crippen molar-refractivity contribution < 1.29 is 4.42 Å². The molecule has 3 aromatic heterocycles. The molecule has 148 valence electrons. The lowest BCUT2D eigenvalue weighted by Gasteiger charge is -2.03. The summed E-state index contributed by atoms with van der Waals surface area (Å²) in [5, 5.41) is 13.4. The maximum Gasteiger partial charge on any atom is 0.262 e. The molecule has 0 atom stereocenters. The molecular formula is C20H13BrN6O2S. The van der Waals surface area contributed by atoms with Crippen LogP contribution < -0.4 is 5.56 Å². The van der Waals surface area contributed by atoms with E-state index in [4.69, 9.17) is 4.42 Å². The molecule has 0 aliphatic heterocycles. The number of nitrogens with one attached hydrogen (secondary N) is 1. The molecule has 3 heterocycles. The maximum atomic E-state index is 12.5. The highest BCUT2D eigenvalue weighted by molar-refractivity contribution is 9.10. The van der Waals surface area contributed by atoms with E-state index in [1.165, 1.54) is 18.0 Å². The highest BCUT2D eigenvalue weighted by Gasteiger charge is 2.14. The number of nitrogens with zero attached hydrogens (tertiary/aromatic N) is 5. The Balaban J connectivity index is 1.40. The summed E-state index contributed by atoms with van der Waals surface area (Å²) in [4.78, 5) is 19.8. The van der Waals surface area contributed by atoms with E-state index in [0.29, 0.717) is 33.7 Å². The summed E-state index contributed by atoms with van der Waals surface area (Å²) in [7, 11) is 0. The third-order valence-electron chi connectivity index (χ3n) is 4.31. The first-order chi connectivity index (χ1) is 14.7. The molecule has 0 radical (unpaired) electrons. The van der Waals surface area contributed by atoms with Gasteiger partial charge in [0.05, 0.1) is 17.6 Å². The second-order valence-electron chi connectivity index (χ2n) is 6.30. The lowest BCUT2D eigenvalue weighted by atomic mass is 10.2. The van der Waals surface area contributed by atoms with Crippen molar-refractivity contribution in [3.05, 3.63) is 81.5 Å². The topological polar surface area (TPSA) is 102 Å². The Labute approximate surface area is 182 Å². The molecule has 0 amide bonds. The number of para-hydroxylation sites is 1. The molecule has 0 saturated carbocycles. The first kappa shape index (κ1) is 18.8.